The van der Waals surface area contributed by atoms with Crippen LogP contribution in [0, 0.1) is 18.8 Å². The molecule has 1 aliphatic carbocycles. The van der Waals surface area contributed by atoms with Crippen LogP contribution < -0.4 is 5.43 Å². The molecule has 0 bridgehead atoms. The first-order valence-electron chi connectivity index (χ1n) is 8.65. The van der Waals surface area contributed by atoms with E-state index in [1.807, 2.05) is 40.7 Å². The normalized spacial score (nSPS) is 22.8. The minimum atomic E-state index is 0.0186. The van der Waals surface area contributed by atoms with Crippen molar-refractivity contribution in [3.63, 3.8) is 0 Å². The van der Waals surface area contributed by atoms with Crippen LogP contribution in [0.4, 0.5) is 0 Å². The number of aromatic nitrogens is 1. The fraction of sp³-hybridized carbons (Fsp3) is 0.400. The van der Waals surface area contributed by atoms with E-state index in [0.717, 1.165) is 37.1 Å². The number of carbonyl (C=O) groups excluding carboxylic acids is 1. The lowest BCUT2D eigenvalue weighted by molar-refractivity contribution is -0.131. The lowest BCUT2D eigenvalue weighted by atomic mass is 9.86. The summed E-state index contributed by atoms with van der Waals surface area (Å²) in [5, 5.41) is 0.676. The van der Waals surface area contributed by atoms with Gasteiger partial charge in [-0.3, -0.25) is 9.59 Å². The Balaban J connectivity index is 1.61. The highest BCUT2D eigenvalue weighted by atomic mass is 16.2. The number of rotatable bonds is 2. The fourth-order valence-electron chi connectivity index (χ4n) is 4.12. The van der Waals surface area contributed by atoms with Crippen molar-refractivity contribution in [1.29, 1.82) is 0 Å². The molecule has 1 fully saturated rings. The van der Waals surface area contributed by atoms with Gasteiger partial charge in [0.15, 0.2) is 5.43 Å². The number of benzene rings is 1. The van der Waals surface area contributed by atoms with Gasteiger partial charge in [-0.2, -0.15) is 0 Å². The lowest BCUT2D eigenvalue weighted by Crippen LogP contribution is -2.33. The van der Waals surface area contributed by atoms with Crippen LogP contribution in [-0.2, 0) is 11.3 Å². The minimum Gasteiger partial charge on any atom is -0.341 e. The average molecular weight is 322 g/mol. The summed E-state index contributed by atoms with van der Waals surface area (Å²) >= 11 is 0. The Kier molecular flexibility index (Phi) is 3.75. The molecule has 24 heavy (non-hydrogen) atoms. The number of allylic oxidation sites excluding steroid dienone is 2. The Morgan fingerprint density at radius 2 is 1.79 bits per heavy atom. The van der Waals surface area contributed by atoms with Gasteiger partial charge < -0.3 is 9.47 Å². The molecule has 2 aromatic rings. The van der Waals surface area contributed by atoms with E-state index in [1.165, 1.54) is 0 Å². The zero-order valence-corrected chi connectivity index (χ0v) is 13.9. The van der Waals surface area contributed by atoms with Gasteiger partial charge in [-0.05, 0) is 43.7 Å². The standard InChI is InChI=1S/C20H22N2O2/c1-14-10-19(23)17-8-4-5-9-18(17)22(14)13-20(24)21-11-15-6-2-3-7-16(15)12-21/h2-5,8-10,15-16H,6-7,11-13H2,1H3/t15-,16+. The van der Waals surface area contributed by atoms with Crippen molar-refractivity contribution in [3.05, 3.63) is 58.4 Å². The number of pyridine rings is 1. The van der Waals surface area contributed by atoms with E-state index in [0.29, 0.717) is 23.8 Å². The van der Waals surface area contributed by atoms with Gasteiger partial charge in [0.2, 0.25) is 5.91 Å². The molecule has 0 radical (unpaired) electrons. The number of hydrogen-bond donors (Lipinski definition) is 0. The van der Waals surface area contributed by atoms with E-state index < -0.39 is 0 Å². The van der Waals surface area contributed by atoms with Crippen LogP contribution in [0.5, 0.6) is 0 Å². The SMILES string of the molecule is Cc1cc(=O)c2ccccc2n1CC(=O)N1C[C@H]2CC=CC[C@H]2C1. The van der Waals surface area contributed by atoms with Crippen LogP contribution in [0.3, 0.4) is 0 Å². The van der Waals surface area contributed by atoms with Crippen molar-refractivity contribution in [1.82, 2.24) is 9.47 Å². The third-order valence-corrected chi connectivity index (χ3v) is 5.49. The molecule has 4 heteroatoms. The number of nitrogens with zero attached hydrogens (tertiary/aromatic N) is 2. The first-order chi connectivity index (χ1) is 11.6. The molecule has 0 unspecified atom stereocenters. The summed E-state index contributed by atoms with van der Waals surface area (Å²) in [4.78, 5) is 27.0. The number of aryl methyl sites for hydroxylation is 1. The molecule has 2 heterocycles. The molecule has 1 amide bonds. The summed E-state index contributed by atoms with van der Waals surface area (Å²) in [6.45, 7) is 3.93. The lowest BCUT2D eigenvalue weighted by Gasteiger charge is -2.20. The van der Waals surface area contributed by atoms with E-state index in [4.69, 9.17) is 0 Å². The number of amides is 1. The quantitative estimate of drug-likeness (QED) is 0.798. The maximum Gasteiger partial charge on any atom is 0.242 e. The summed E-state index contributed by atoms with van der Waals surface area (Å²) in [7, 11) is 0. The van der Waals surface area contributed by atoms with Crippen LogP contribution >= 0.6 is 0 Å². The zero-order chi connectivity index (χ0) is 16.7. The molecular weight excluding hydrogens is 300 g/mol. The molecule has 0 spiro atoms. The molecule has 1 aromatic carbocycles. The van der Waals surface area contributed by atoms with Gasteiger partial charge in [0.1, 0.15) is 6.54 Å². The van der Waals surface area contributed by atoms with Crippen molar-refractivity contribution in [3.8, 4) is 0 Å². The average Bonchev–Trinajstić information content (AvgIpc) is 3.03. The number of carbonyl (C=O) groups is 1. The smallest absolute Gasteiger partial charge is 0.242 e. The molecule has 124 valence electrons. The first-order valence-corrected chi connectivity index (χ1v) is 8.65. The Morgan fingerprint density at radius 1 is 1.12 bits per heavy atom. The number of fused-ring (bicyclic) bond motifs is 2. The van der Waals surface area contributed by atoms with Crippen LogP contribution in [-0.4, -0.2) is 28.5 Å². The largest absolute Gasteiger partial charge is 0.341 e. The maximum absolute atomic E-state index is 12.8. The summed E-state index contributed by atoms with van der Waals surface area (Å²) in [6.07, 6.45) is 6.67. The molecule has 2 aliphatic rings. The Morgan fingerprint density at radius 3 is 2.50 bits per heavy atom. The van der Waals surface area contributed by atoms with Crippen LogP contribution in [0.1, 0.15) is 18.5 Å². The first kappa shape index (κ1) is 15.2. The van der Waals surface area contributed by atoms with Gasteiger partial charge in [0, 0.05) is 30.2 Å². The molecule has 4 rings (SSSR count). The highest BCUT2D eigenvalue weighted by Gasteiger charge is 2.35. The Hall–Kier alpha value is -2.36. The molecule has 4 nitrogen and oxygen atoms in total. The summed E-state index contributed by atoms with van der Waals surface area (Å²) in [5.41, 5.74) is 1.70. The third-order valence-electron chi connectivity index (χ3n) is 5.49. The predicted molar refractivity (Wildman–Crippen MR) is 94.9 cm³/mol. The van der Waals surface area contributed by atoms with Crippen LogP contribution in [0.25, 0.3) is 10.9 Å². The Bertz CT molecular complexity index is 865. The van der Waals surface area contributed by atoms with Crippen molar-refractivity contribution in [2.75, 3.05) is 13.1 Å². The van der Waals surface area contributed by atoms with Gasteiger partial charge in [0.25, 0.3) is 0 Å². The molecule has 0 N–H and O–H groups in total. The number of likely N-dealkylation sites (tertiary alicyclic amines) is 1. The molecular formula is C20H22N2O2. The second-order valence-electron chi connectivity index (χ2n) is 7.01. The molecule has 1 aliphatic heterocycles. The number of para-hydroxylation sites is 1. The Labute approximate surface area is 141 Å². The second kappa shape index (κ2) is 5.93. The van der Waals surface area contributed by atoms with Crippen LogP contribution in [0.15, 0.2) is 47.3 Å². The van der Waals surface area contributed by atoms with Crippen molar-refractivity contribution in [2.45, 2.75) is 26.3 Å². The van der Waals surface area contributed by atoms with Gasteiger partial charge in [-0.25, -0.2) is 0 Å². The van der Waals surface area contributed by atoms with Crippen molar-refractivity contribution in [2.24, 2.45) is 11.8 Å². The second-order valence-corrected chi connectivity index (χ2v) is 7.01. The predicted octanol–water partition coefficient (Wildman–Crippen LogP) is 2.73. The van der Waals surface area contributed by atoms with Crippen molar-refractivity contribution >= 4 is 16.8 Å². The molecule has 2 atom stereocenters. The van der Waals surface area contributed by atoms with E-state index in [1.54, 1.807) is 6.07 Å². The third kappa shape index (κ3) is 2.56. The summed E-state index contributed by atoms with van der Waals surface area (Å²) in [6, 6.07) is 9.16. The summed E-state index contributed by atoms with van der Waals surface area (Å²) < 4.78 is 1.97. The molecule has 0 saturated carbocycles. The topological polar surface area (TPSA) is 42.3 Å². The minimum absolute atomic E-state index is 0.0186. The summed E-state index contributed by atoms with van der Waals surface area (Å²) in [5.74, 6) is 1.39. The van der Waals surface area contributed by atoms with Gasteiger partial charge >= 0.3 is 0 Å². The highest BCUT2D eigenvalue weighted by molar-refractivity contribution is 5.82. The highest BCUT2D eigenvalue weighted by Crippen LogP contribution is 2.32. The monoisotopic (exact) mass is 322 g/mol. The van der Waals surface area contributed by atoms with E-state index in [9.17, 15) is 9.59 Å². The molecule has 1 aromatic heterocycles. The van der Waals surface area contributed by atoms with Crippen LogP contribution in [0.2, 0.25) is 0 Å². The zero-order valence-electron chi connectivity index (χ0n) is 13.9. The number of hydrogen-bond acceptors (Lipinski definition) is 2. The van der Waals surface area contributed by atoms with Gasteiger partial charge in [-0.1, -0.05) is 24.3 Å². The van der Waals surface area contributed by atoms with Gasteiger partial charge in [0.05, 0.1) is 5.52 Å². The molecule has 1 saturated heterocycles. The maximum atomic E-state index is 12.8. The van der Waals surface area contributed by atoms with Crippen molar-refractivity contribution < 1.29 is 4.79 Å². The fourth-order valence-corrected chi connectivity index (χ4v) is 4.12. The van der Waals surface area contributed by atoms with E-state index >= 15 is 0 Å². The van der Waals surface area contributed by atoms with E-state index in [2.05, 4.69) is 12.2 Å². The van der Waals surface area contributed by atoms with Gasteiger partial charge in [-0.15, -0.1) is 0 Å². The van der Waals surface area contributed by atoms with E-state index in [-0.39, 0.29) is 11.3 Å².